The Hall–Kier alpha value is -1.10. The molecule has 1 aliphatic heterocycles. The van der Waals surface area contributed by atoms with E-state index in [1.807, 2.05) is 0 Å². The number of aliphatic hydroxyl groups is 1. The smallest absolute Gasteiger partial charge is 0.224 e. The molecule has 5 nitrogen and oxygen atoms in total. The molecule has 0 bridgehead atoms. The molecular formula is C14H24N2O3. The Labute approximate surface area is 114 Å². The van der Waals surface area contributed by atoms with Crippen molar-refractivity contribution in [1.82, 2.24) is 10.2 Å². The highest BCUT2D eigenvalue weighted by Crippen LogP contribution is 2.24. The van der Waals surface area contributed by atoms with E-state index < -0.39 is 5.60 Å². The van der Waals surface area contributed by atoms with Crippen LogP contribution < -0.4 is 5.32 Å². The number of likely N-dealkylation sites (tertiary alicyclic amines) is 1. The monoisotopic (exact) mass is 268 g/mol. The molecule has 1 unspecified atom stereocenters. The Kier molecular flexibility index (Phi) is 4.45. The molecule has 2 aliphatic rings. The average Bonchev–Trinajstić information content (AvgIpc) is 2.97. The summed E-state index contributed by atoms with van der Waals surface area (Å²) in [7, 11) is 0. The molecule has 2 N–H and O–H groups in total. The van der Waals surface area contributed by atoms with Gasteiger partial charge in [-0.15, -0.1) is 0 Å². The number of nitrogens with one attached hydrogen (secondary N) is 1. The van der Waals surface area contributed by atoms with Gasteiger partial charge in [0.1, 0.15) is 0 Å². The standard InChI is InChI=1S/C14H24N2O3/c1-14(19)7-9-16(10-14)12(17)6-8-15-13(18)11-4-2-3-5-11/h11,19H,2-10H2,1H3,(H,15,18). The fourth-order valence-electron chi connectivity index (χ4n) is 2.94. The van der Waals surface area contributed by atoms with E-state index in [2.05, 4.69) is 5.32 Å². The van der Waals surface area contributed by atoms with Gasteiger partial charge in [-0.1, -0.05) is 12.8 Å². The van der Waals surface area contributed by atoms with E-state index in [0.717, 1.165) is 25.7 Å². The Morgan fingerprint density at radius 3 is 2.63 bits per heavy atom. The van der Waals surface area contributed by atoms with E-state index in [9.17, 15) is 14.7 Å². The third-order valence-corrected chi connectivity index (χ3v) is 4.17. The second kappa shape index (κ2) is 5.90. The van der Waals surface area contributed by atoms with Crippen LogP contribution in [0.25, 0.3) is 0 Å². The van der Waals surface area contributed by atoms with Gasteiger partial charge in [-0.05, 0) is 26.2 Å². The summed E-state index contributed by atoms with van der Waals surface area (Å²) in [5, 5.41) is 12.7. The van der Waals surface area contributed by atoms with E-state index in [1.165, 1.54) is 0 Å². The molecule has 0 aromatic carbocycles. The zero-order valence-corrected chi connectivity index (χ0v) is 11.7. The molecule has 1 atom stereocenters. The highest BCUT2D eigenvalue weighted by Gasteiger charge is 2.33. The van der Waals surface area contributed by atoms with Crippen LogP contribution >= 0.6 is 0 Å². The number of carbonyl (C=O) groups excluding carboxylic acids is 2. The minimum absolute atomic E-state index is 0.0181. The van der Waals surface area contributed by atoms with E-state index in [1.54, 1.807) is 11.8 Å². The van der Waals surface area contributed by atoms with E-state index >= 15 is 0 Å². The number of carbonyl (C=O) groups is 2. The third kappa shape index (κ3) is 3.93. The molecule has 0 spiro atoms. The van der Waals surface area contributed by atoms with Crippen molar-refractivity contribution in [1.29, 1.82) is 0 Å². The van der Waals surface area contributed by atoms with E-state index in [4.69, 9.17) is 0 Å². The highest BCUT2D eigenvalue weighted by molar-refractivity contribution is 5.80. The first-order chi connectivity index (χ1) is 8.98. The lowest BCUT2D eigenvalue weighted by Crippen LogP contribution is -2.37. The lowest BCUT2D eigenvalue weighted by atomic mass is 10.1. The fourth-order valence-corrected chi connectivity index (χ4v) is 2.94. The molecule has 0 aromatic heterocycles. The van der Waals surface area contributed by atoms with E-state index in [0.29, 0.717) is 32.5 Å². The van der Waals surface area contributed by atoms with E-state index in [-0.39, 0.29) is 17.7 Å². The van der Waals surface area contributed by atoms with Gasteiger partial charge >= 0.3 is 0 Å². The molecule has 1 saturated heterocycles. The predicted octanol–water partition coefficient (Wildman–Crippen LogP) is 0.666. The van der Waals surface area contributed by atoms with Crippen molar-refractivity contribution in [2.75, 3.05) is 19.6 Å². The molecule has 19 heavy (non-hydrogen) atoms. The third-order valence-electron chi connectivity index (χ3n) is 4.17. The maximum absolute atomic E-state index is 11.9. The van der Waals surface area contributed by atoms with Gasteiger partial charge in [-0.2, -0.15) is 0 Å². The van der Waals surface area contributed by atoms with Gasteiger partial charge in [0.2, 0.25) is 11.8 Å². The van der Waals surface area contributed by atoms with Crippen molar-refractivity contribution in [2.24, 2.45) is 5.92 Å². The molecule has 0 radical (unpaired) electrons. The summed E-state index contributed by atoms with van der Waals surface area (Å²) in [5.41, 5.74) is -0.747. The van der Waals surface area contributed by atoms with Gasteiger partial charge in [-0.25, -0.2) is 0 Å². The zero-order chi connectivity index (χ0) is 13.9. The number of rotatable bonds is 4. The van der Waals surface area contributed by atoms with Gasteiger partial charge in [0.05, 0.1) is 5.60 Å². The minimum Gasteiger partial charge on any atom is -0.388 e. The Balaban J connectivity index is 1.65. The molecule has 108 valence electrons. The van der Waals surface area contributed by atoms with Crippen LogP contribution in [0, 0.1) is 5.92 Å². The first kappa shape index (κ1) is 14.3. The van der Waals surface area contributed by atoms with Crippen molar-refractivity contribution >= 4 is 11.8 Å². The first-order valence-electron chi connectivity index (χ1n) is 7.26. The van der Waals surface area contributed by atoms with Gasteiger partial charge in [0.15, 0.2) is 0 Å². The van der Waals surface area contributed by atoms with Crippen LogP contribution in [-0.4, -0.2) is 47.1 Å². The van der Waals surface area contributed by atoms with Crippen molar-refractivity contribution in [3.63, 3.8) is 0 Å². The second-order valence-electron chi connectivity index (χ2n) is 6.08. The Morgan fingerprint density at radius 1 is 1.37 bits per heavy atom. The summed E-state index contributed by atoms with van der Waals surface area (Å²) in [5.74, 6) is 0.269. The van der Waals surface area contributed by atoms with Crippen LogP contribution in [-0.2, 0) is 9.59 Å². The predicted molar refractivity (Wildman–Crippen MR) is 71.4 cm³/mol. The summed E-state index contributed by atoms with van der Waals surface area (Å²) in [4.78, 5) is 25.4. The number of hydrogen-bond donors (Lipinski definition) is 2. The van der Waals surface area contributed by atoms with Crippen molar-refractivity contribution in [3.05, 3.63) is 0 Å². The summed E-state index contributed by atoms with van der Waals surface area (Å²) in [6.45, 7) is 3.18. The van der Waals surface area contributed by atoms with Crippen LogP contribution in [0.15, 0.2) is 0 Å². The maximum atomic E-state index is 11.9. The number of nitrogens with zero attached hydrogens (tertiary/aromatic N) is 1. The van der Waals surface area contributed by atoms with Crippen LogP contribution in [0.4, 0.5) is 0 Å². The normalized spacial score (nSPS) is 27.8. The molecule has 2 amide bonds. The molecule has 5 heteroatoms. The van der Waals surface area contributed by atoms with Gasteiger partial charge in [0.25, 0.3) is 0 Å². The SMILES string of the molecule is CC1(O)CCN(C(=O)CCNC(=O)C2CCCC2)C1. The van der Waals surface area contributed by atoms with Crippen molar-refractivity contribution < 1.29 is 14.7 Å². The van der Waals surface area contributed by atoms with Gasteiger partial charge in [-0.3, -0.25) is 9.59 Å². The van der Waals surface area contributed by atoms with Crippen LogP contribution in [0.2, 0.25) is 0 Å². The van der Waals surface area contributed by atoms with Crippen LogP contribution in [0.5, 0.6) is 0 Å². The second-order valence-corrected chi connectivity index (χ2v) is 6.08. The molecule has 2 rings (SSSR count). The van der Waals surface area contributed by atoms with Gasteiger partial charge < -0.3 is 15.3 Å². The topological polar surface area (TPSA) is 69.6 Å². The summed E-state index contributed by atoms with van der Waals surface area (Å²) in [6, 6.07) is 0. The van der Waals surface area contributed by atoms with Crippen LogP contribution in [0.3, 0.4) is 0 Å². The first-order valence-corrected chi connectivity index (χ1v) is 7.26. The molecule has 1 heterocycles. The highest BCUT2D eigenvalue weighted by atomic mass is 16.3. The molecule has 2 fully saturated rings. The number of β-amino-alcohol motifs (C(OH)–C–C–N with tert-alkyl or cyclic N) is 1. The lowest BCUT2D eigenvalue weighted by molar-refractivity contribution is -0.131. The average molecular weight is 268 g/mol. The number of hydrogen-bond acceptors (Lipinski definition) is 3. The Morgan fingerprint density at radius 2 is 2.05 bits per heavy atom. The lowest BCUT2D eigenvalue weighted by Gasteiger charge is -2.19. The Bertz CT molecular complexity index is 349. The maximum Gasteiger partial charge on any atom is 0.224 e. The largest absolute Gasteiger partial charge is 0.388 e. The zero-order valence-electron chi connectivity index (χ0n) is 11.7. The quantitative estimate of drug-likeness (QED) is 0.787. The minimum atomic E-state index is -0.747. The molecule has 1 saturated carbocycles. The fraction of sp³-hybridized carbons (Fsp3) is 0.857. The summed E-state index contributed by atoms with van der Waals surface area (Å²) < 4.78 is 0. The number of amides is 2. The molecule has 1 aliphatic carbocycles. The molecule has 0 aromatic rings. The van der Waals surface area contributed by atoms with Crippen molar-refractivity contribution in [2.45, 2.75) is 51.0 Å². The summed E-state index contributed by atoms with van der Waals surface area (Å²) >= 11 is 0. The molecular weight excluding hydrogens is 244 g/mol. The van der Waals surface area contributed by atoms with Gasteiger partial charge in [0, 0.05) is 32.0 Å². The summed E-state index contributed by atoms with van der Waals surface area (Å²) in [6.07, 6.45) is 5.20. The van der Waals surface area contributed by atoms with Crippen molar-refractivity contribution in [3.8, 4) is 0 Å². The van der Waals surface area contributed by atoms with Crippen LogP contribution in [0.1, 0.15) is 45.4 Å².